The minimum absolute atomic E-state index is 0.000372. The molecule has 0 unspecified atom stereocenters. The highest BCUT2D eigenvalue weighted by Gasteiger charge is 2.36. The Kier molecular flexibility index (Phi) is 4.02. The van der Waals surface area contributed by atoms with Crippen LogP contribution in [0.1, 0.15) is 36.3 Å². The van der Waals surface area contributed by atoms with Gasteiger partial charge in [-0.15, -0.1) is 0 Å². The summed E-state index contributed by atoms with van der Waals surface area (Å²) >= 11 is 0. The highest BCUT2D eigenvalue weighted by molar-refractivity contribution is 6.13. The molecule has 1 saturated carbocycles. The first-order chi connectivity index (χ1) is 13.0. The van der Waals surface area contributed by atoms with Crippen LogP contribution in [0.5, 0.6) is 5.75 Å². The van der Waals surface area contributed by atoms with Gasteiger partial charge in [0, 0.05) is 23.6 Å². The molecule has 1 fully saturated rings. The molecule has 138 valence electrons. The molecule has 1 aromatic heterocycles. The minimum atomic E-state index is -0.638. The van der Waals surface area contributed by atoms with E-state index in [0.717, 1.165) is 12.2 Å². The lowest BCUT2D eigenvalue weighted by Gasteiger charge is -2.03. The molecule has 0 spiro atoms. The number of esters is 1. The number of nitrogens with zero attached hydrogens (tertiary/aromatic N) is 2. The molecule has 0 radical (unpaired) electrons. The molecule has 2 aliphatic rings. The molecular weight excluding hydrogens is 352 g/mol. The predicted molar refractivity (Wildman–Crippen MR) is 95.5 cm³/mol. The number of rotatable bonds is 5. The standard InChI is InChI=1S/C19H16N2O6/c1-10-7-13(10)16-6-4-12(26-16)9-14-19(22)27-18(20-14)11-3-5-17(25-2)15(8-11)21(23)24/h3-6,8-10,13H,7H2,1-2H3/b14-9+/t10-,13-/m0/s1. The number of carbonyl (C=O) groups is 1. The zero-order valence-electron chi connectivity index (χ0n) is 14.7. The number of benzene rings is 1. The number of nitro groups is 1. The van der Waals surface area contributed by atoms with Crippen molar-refractivity contribution in [3.05, 3.63) is 63.2 Å². The van der Waals surface area contributed by atoms with Crippen molar-refractivity contribution in [2.24, 2.45) is 10.9 Å². The average molecular weight is 368 g/mol. The smallest absolute Gasteiger partial charge is 0.363 e. The van der Waals surface area contributed by atoms with Gasteiger partial charge in [0.15, 0.2) is 11.4 Å². The van der Waals surface area contributed by atoms with Gasteiger partial charge in [-0.1, -0.05) is 6.92 Å². The fourth-order valence-electron chi connectivity index (χ4n) is 3.00. The van der Waals surface area contributed by atoms with E-state index in [9.17, 15) is 14.9 Å². The van der Waals surface area contributed by atoms with Crippen molar-refractivity contribution in [3.63, 3.8) is 0 Å². The minimum Gasteiger partial charge on any atom is -0.490 e. The van der Waals surface area contributed by atoms with Crippen molar-refractivity contribution >= 4 is 23.6 Å². The molecule has 0 amide bonds. The van der Waals surface area contributed by atoms with Gasteiger partial charge in [-0.05, 0) is 36.6 Å². The van der Waals surface area contributed by atoms with E-state index in [-0.39, 0.29) is 23.0 Å². The van der Waals surface area contributed by atoms with E-state index in [1.165, 1.54) is 25.3 Å². The fraction of sp³-hybridized carbons (Fsp3) is 0.263. The Morgan fingerprint density at radius 3 is 2.78 bits per heavy atom. The molecule has 0 N–H and O–H groups in total. The molecule has 0 saturated heterocycles. The summed E-state index contributed by atoms with van der Waals surface area (Å²) in [4.78, 5) is 26.8. The summed E-state index contributed by atoms with van der Waals surface area (Å²) in [7, 11) is 1.34. The summed E-state index contributed by atoms with van der Waals surface area (Å²) in [6, 6.07) is 7.92. The van der Waals surface area contributed by atoms with Gasteiger partial charge in [0.1, 0.15) is 11.5 Å². The maximum absolute atomic E-state index is 12.1. The molecule has 8 heteroatoms. The number of ether oxygens (including phenoxy) is 2. The summed E-state index contributed by atoms with van der Waals surface area (Å²) in [6.45, 7) is 2.16. The second kappa shape index (κ2) is 6.39. The quantitative estimate of drug-likeness (QED) is 0.345. The molecule has 8 nitrogen and oxygen atoms in total. The van der Waals surface area contributed by atoms with E-state index in [1.54, 1.807) is 12.1 Å². The van der Waals surface area contributed by atoms with Crippen molar-refractivity contribution in [2.75, 3.05) is 7.11 Å². The Bertz CT molecular complexity index is 1000. The topological polar surface area (TPSA) is 104 Å². The van der Waals surface area contributed by atoms with Gasteiger partial charge in [0.2, 0.25) is 5.90 Å². The lowest BCUT2D eigenvalue weighted by molar-refractivity contribution is -0.385. The number of hydrogen-bond donors (Lipinski definition) is 0. The molecule has 2 atom stereocenters. The van der Waals surface area contributed by atoms with Crippen molar-refractivity contribution < 1.29 is 23.6 Å². The fourth-order valence-corrected chi connectivity index (χ4v) is 3.00. The third kappa shape index (κ3) is 3.21. The number of methoxy groups -OCH3 is 1. The first-order valence-electron chi connectivity index (χ1n) is 8.41. The van der Waals surface area contributed by atoms with Crippen LogP contribution in [-0.4, -0.2) is 23.9 Å². The Hall–Kier alpha value is -3.42. The number of hydrogen-bond acceptors (Lipinski definition) is 7. The third-order valence-corrected chi connectivity index (χ3v) is 4.64. The van der Waals surface area contributed by atoms with Crippen LogP contribution in [0.4, 0.5) is 5.69 Å². The molecule has 27 heavy (non-hydrogen) atoms. The van der Waals surface area contributed by atoms with E-state index in [0.29, 0.717) is 23.2 Å². The van der Waals surface area contributed by atoms with Crippen LogP contribution in [0.15, 0.2) is 45.4 Å². The van der Waals surface area contributed by atoms with Crippen LogP contribution in [0.25, 0.3) is 6.08 Å². The Labute approximate surface area is 154 Å². The van der Waals surface area contributed by atoms with Gasteiger partial charge in [0.25, 0.3) is 0 Å². The molecule has 1 aliphatic heterocycles. The zero-order valence-corrected chi connectivity index (χ0v) is 14.7. The summed E-state index contributed by atoms with van der Waals surface area (Å²) in [5.74, 6) is 1.94. The maximum Gasteiger partial charge on any atom is 0.363 e. The number of cyclic esters (lactones) is 1. The highest BCUT2D eigenvalue weighted by Crippen LogP contribution is 2.47. The van der Waals surface area contributed by atoms with Crippen LogP contribution in [0.2, 0.25) is 0 Å². The van der Waals surface area contributed by atoms with Gasteiger partial charge >= 0.3 is 11.7 Å². The van der Waals surface area contributed by atoms with E-state index < -0.39 is 10.9 Å². The normalized spacial score (nSPS) is 22.5. The highest BCUT2D eigenvalue weighted by atomic mass is 16.6. The van der Waals surface area contributed by atoms with Gasteiger partial charge in [0.05, 0.1) is 12.0 Å². The lowest BCUT2D eigenvalue weighted by Crippen LogP contribution is -2.06. The largest absolute Gasteiger partial charge is 0.490 e. The first-order valence-corrected chi connectivity index (χ1v) is 8.41. The number of furan rings is 1. The van der Waals surface area contributed by atoms with Crippen LogP contribution < -0.4 is 4.74 Å². The van der Waals surface area contributed by atoms with Crippen molar-refractivity contribution in [2.45, 2.75) is 19.3 Å². The summed E-state index contributed by atoms with van der Waals surface area (Å²) in [5, 5.41) is 11.2. The van der Waals surface area contributed by atoms with Crippen molar-refractivity contribution in [1.29, 1.82) is 0 Å². The van der Waals surface area contributed by atoms with Gasteiger partial charge in [-0.3, -0.25) is 10.1 Å². The zero-order chi connectivity index (χ0) is 19.1. The number of aliphatic imine (C=N–C) groups is 1. The second-order valence-electron chi connectivity index (χ2n) is 6.54. The van der Waals surface area contributed by atoms with Crippen LogP contribution in [0, 0.1) is 16.0 Å². The molecule has 2 aromatic rings. The molecule has 0 bridgehead atoms. The summed E-state index contributed by atoms with van der Waals surface area (Å²) < 4.78 is 15.9. The first kappa shape index (κ1) is 17.0. The van der Waals surface area contributed by atoms with E-state index in [1.807, 2.05) is 6.07 Å². The van der Waals surface area contributed by atoms with Crippen molar-refractivity contribution in [1.82, 2.24) is 0 Å². The van der Waals surface area contributed by atoms with Gasteiger partial charge in [-0.25, -0.2) is 9.79 Å². The summed E-state index contributed by atoms with van der Waals surface area (Å²) in [6.07, 6.45) is 2.61. The SMILES string of the molecule is COc1ccc(C2=N/C(=C/c3ccc([C@H]4C[C@@H]4C)o3)C(=O)O2)cc1[N+](=O)[O-]. The maximum atomic E-state index is 12.1. The van der Waals surface area contributed by atoms with Crippen LogP contribution >= 0.6 is 0 Å². The Balaban J connectivity index is 1.62. The molecule has 1 aliphatic carbocycles. The predicted octanol–water partition coefficient (Wildman–Crippen LogP) is 3.66. The second-order valence-corrected chi connectivity index (χ2v) is 6.54. The van der Waals surface area contributed by atoms with Crippen LogP contribution in [-0.2, 0) is 9.53 Å². The van der Waals surface area contributed by atoms with E-state index in [4.69, 9.17) is 13.9 Å². The van der Waals surface area contributed by atoms with Gasteiger partial charge < -0.3 is 13.9 Å². The number of nitro benzene ring substituents is 1. The van der Waals surface area contributed by atoms with Crippen molar-refractivity contribution in [3.8, 4) is 5.75 Å². The summed E-state index contributed by atoms with van der Waals surface area (Å²) in [5.41, 5.74) is 0.153. The molecule has 2 heterocycles. The average Bonchev–Trinajstić information content (AvgIpc) is 3.04. The molecular formula is C19H16N2O6. The lowest BCUT2D eigenvalue weighted by atomic mass is 10.2. The van der Waals surface area contributed by atoms with Gasteiger partial charge in [-0.2, -0.15) is 0 Å². The molecule has 1 aromatic carbocycles. The third-order valence-electron chi connectivity index (χ3n) is 4.64. The number of carbonyl (C=O) groups excluding carboxylic acids is 1. The Morgan fingerprint density at radius 1 is 1.33 bits per heavy atom. The van der Waals surface area contributed by atoms with E-state index >= 15 is 0 Å². The monoisotopic (exact) mass is 368 g/mol. The Morgan fingerprint density at radius 2 is 2.11 bits per heavy atom. The molecule has 4 rings (SSSR count). The van der Waals surface area contributed by atoms with E-state index in [2.05, 4.69) is 11.9 Å². The van der Waals surface area contributed by atoms with Crippen LogP contribution in [0.3, 0.4) is 0 Å².